The fourth-order valence-corrected chi connectivity index (χ4v) is 4.62. The van der Waals surface area contributed by atoms with Gasteiger partial charge in [-0.15, -0.1) is 10.2 Å². The van der Waals surface area contributed by atoms with Gasteiger partial charge < -0.3 is 0 Å². The van der Waals surface area contributed by atoms with Crippen LogP contribution in [0.4, 0.5) is 0 Å². The van der Waals surface area contributed by atoms with Crippen LogP contribution in [0.15, 0.2) is 39.8 Å². The van der Waals surface area contributed by atoms with Crippen LogP contribution in [0.3, 0.4) is 0 Å². The van der Waals surface area contributed by atoms with Crippen molar-refractivity contribution in [3.8, 4) is 5.69 Å². The summed E-state index contributed by atoms with van der Waals surface area (Å²) in [6.45, 7) is 5.18. The van der Waals surface area contributed by atoms with Crippen LogP contribution in [0, 0.1) is 0 Å². The van der Waals surface area contributed by atoms with Gasteiger partial charge in [0.2, 0.25) is 5.16 Å². The zero-order chi connectivity index (χ0) is 17.1. The van der Waals surface area contributed by atoms with Gasteiger partial charge in [-0.05, 0) is 61.4 Å². The molecule has 25 heavy (non-hydrogen) atoms. The average Bonchev–Trinajstić information content (AvgIpc) is 3.38. The molecule has 6 nitrogen and oxygen atoms in total. The predicted molar refractivity (Wildman–Crippen MR) is 99.3 cm³/mol. The van der Waals surface area contributed by atoms with E-state index in [0.29, 0.717) is 0 Å². The molecule has 0 radical (unpaired) electrons. The Labute approximate surface area is 155 Å². The summed E-state index contributed by atoms with van der Waals surface area (Å²) in [6, 6.07) is 10.3. The van der Waals surface area contributed by atoms with Crippen molar-refractivity contribution in [2.75, 3.05) is 13.1 Å². The van der Waals surface area contributed by atoms with E-state index in [9.17, 15) is 0 Å². The third-order valence-electron chi connectivity index (χ3n) is 4.22. The Morgan fingerprint density at radius 2 is 1.92 bits per heavy atom. The summed E-state index contributed by atoms with van der Waals surface area (Å²) >= 11 is 2.97. The maximum atomic E-state index is 4.55. The standard InChI is InChI=1S/C17H20N6S2/c1-2-14-18-17(25-21-14)24-16-20-19-15(12-22-10-6-7-11-22)23(16)13-8-4-3-5-9-13/h3-5,8-9H,2,6-7,10-12H2,1H3. The van der Waals surface area contributed by atoms with Gasteiger partial charge >= 0.3 is 0 Å². The van der Waals surface area contributed by atoms with E-state index in [1.165, 1.54) is 36.1 Å². The Morgan fingerprint density at radius 3 is 2.64 bits per heavy atom. The molecule has 1 fully saturated rings. The lowest BCUT2D eigenvalue weighted by molar-refractivity contribution is 0.319. The topological polar surface area (TPSA) is 59.7 Å². The van der Waals surface area contributed by atoms with Gasteiger partial charge in [0.25, 0.3) is 0 Å². The Kier molecular flexibility index (Phi) is 5.09. The second-order valence-electron chi connectivity index (χ2n) is 5.99. The van der Waals surface area contributed by atoms with E-state index < -0.39 is 0 Å². The first-order valence-electron chi connectivity index (χ1n) is 8.56. The maximum absolute atomic E-state index is 4.55. The van der Waals surface area contributed by atoms with Crippen LogP contribution >= 0.6 is 23.3 Å². The summed E-state index contributed by atoms with van der Waals surface area (Å²) in [5, 5.41) is 9.79. The van der Waals surface area contributed by atoms with E-state index in [2.05, 4.69) is 48.1 Å². The Hall–Kier alpha value is -1.77. The van der Waals surface area contributed by atoms with Crippen LogP contribution < -0.4 is 0 Å². The van der Waals surface area contributed by atoms with Gasteiger partial charge in [0.1, 0.15) is 5.82 Å². The van der Waals surface area contributed by atoms with Gasteiger partial charge in [-0.3, -0.25) is 9.47 Å². The fraction of sp³-hybridized carbons (Fsp3) is 0.412. The van der Waals surface area contributed by atoms with Gasteiger partial charge in [0, 0.05) is 12.1 Å². The smallest absolute Gasteiger partial charge is 0.203 e. The molecule has 130 valence electrons. The molecule has 0 spiro atoms. The number of aryl methyl sites for hydroxylation is 1. The third kappa shape index (κ3) is 3.75. The highest BCUT2D eigenvalue weighted by Gasteiger charge is 2.20. The van der Waals surface area contributed by atoms with Crippen LogP contribution in [0.1, 0.15) is 31.4 Å². The summed E-state index contributed by atoms with van der Waals surface area (Å²) < 4.78 is 7.43. The molecule has 0 atom stereocenters. The van der Waals surface area contributed by atoms with Crippen LogP contribution in [-0.4, -0.2) is 42.1 Å². The number of benzene rings is 1. The second-order valence-corrected chi connectivity index (χ2v) is 7.95. The minimum atomic E-state index is 0.832. The molecule has 2 aromatic heterocycles. The van der Waals surface area contributed by atoms with E-state index in [-0.39, 0.29) is 0 Å². The molecule has 1 aliphatic rings. The predicted octanol–water partition coefficient (Wildman–Crippen LogP) is 3.43. The first-order valence-corrected chi connectivity index (χ1v) is 10.1. The number of para-hydroxylation sites is 1. The zero-order valence-electron chi connectivity index (χ0n) is 14.1. The third-order valence-corrected chi connectivity index (χ3v) is 5.96. The molecule has 3 aromatic rings. The van der Waals surface area contributed by atoms with Crippen molar-refractivity contribution >= 4 is 23.3 Å². The Bertz CT molecular complexity index is 823. The second kappa shape index (κ2) is 7.63. The van der Waals surface area contributed by atoms with Gasteiger partial charge in [-0.25, -0.2) is 4.98 Å². The summed E-state index contributed by atoms with van der Waals surface area (Å²) in [5.41, 5.74) is 1.09. The largest absolute Gasteiger partial charge is 0.296 e. The molecule has 8 heteroatoms. The normalized spacial score (nSPS) is 15.1. The Morgan fingerprint density at radius 1 is 1.12 bits per heavy atom. The van der Waals surface area contributed by atoms with Crippen LogP contribution in [0.5, 0.6) is 0 Å². The van der Waals surface area contributed by atoms with E-state index in [1.807, 2.05) is 18.2 Å². The molecule has 0 amide bonds. The molecule has 0 saturated carbocycles. The molecular formula is C17H20N6S2. The van der Waals surface area contributed by atoms with Gasteiger partial charge in [-0.1, -0.05) is 25.1 Å². The number of hydrogen-bond acceptors (Lipinski definition) is 7. The summed E-state index contributed by atoms with van der Waals surface area (Å²) in [4.78, 5) is 6.99. The van der Waals surface area contributed by atoms with Crippen molar-refractivity contribution in [2.45, 2.75) is 42.2 Å². The first-order chi connectivity index (χ1) is 12.3. The molecule has 1 saturated heterocycles. The molecule has 3 heterocycles. The molecule has 0 aliphatic carbocycles. The molecule has 0 bridgehead atoms. The minimum Gasteiger partial charge on any atom is -0.296 e. The fourth-order valence-electron chi connectivity index (χ4n) is 2.95. The number of aromatic nitrogens is 5. The molecule has 0 N–H and O–H groups in total. The summed E-state index contributed by atoms with van der Waals surface area (Å²) in [5.74, 6) is 1.87. The SMILES string of the molecule is CCc1nsc(Sc2nnc(CN3CCCC3)n2-c2ccccc2)n1. The number of nitrogens with zero attached hydrogens (tertiary/aromatic N) is 6. The van der Waals surface area contributed by atoms with Crippen molar-refractivity contribution in [2.24, 2.45) is 0 Å². The lowest BCUT2D eigenvalue weighted by Crippen LogP contribution is -2.21. The van der Waals surface area contributed by atoms with Gasteiger partial charge in [0.05, 0.1) is 6.54 Å². The van der Waals surface area contributed by atoms with Crippen LogP contribution in [0.2, 0.25) is 0 Å². The Balaban J connectivity index is 1.66. The maximum Gasteiger partial charge on any atom is 0.203 e. The zero-order valence-corrected chi connectivity index (χ0v) is 15.8. The van der Waals surface area contributed by atoms with Crippen molar-refractivity contribution in [1.82, 2.24) is 29.0 Å². The van der Waals surface area contributed by atoms with Crippen molar-refractivity contribution < 1.29 is 0 Å². The minimum absolute atomic E-state index is 0.832. The average molecular weight is 373 g/mol. The highest BCUT2D eigenvalue weighted by Crippen LogP contribution is 2.30. The van der Waals surface area contributed by atoms with E-state index >= 15 is 0 Å². The summed E-state index contributed by atoms with van der Waals surface area (Å²) in [6.07, 6.45) is 3.39. The first kappa shape index (κ1) is 16.7. The van der Waals surface area contributed by atoms with Crippen LogP contribution in [0.25, 0.3) is 5.69 Å². The van der Waals surface area contributed by atoms with Crippen molar-refractivity contribution in [3.63, 3.8) is 0 Å². The molecule has 1 aromatic carbocycles. The van der Waals surface area contributed by atoms with Gasteiger partial charge in [0.15, 0.2) is 10.2 Å². The highest BCUT2D eigenvalue weighted by atomic mass is 32.2. The monoisotopic (exact) mass is 372 g/mol. The highest BCUT2D eigenvalue weighted by molar-refractivity contribution is 8.00. The molecule has 1 aliphatic heterocycles. The van der Waals surface area contributed by atoms with E-state index in [1.54, 1.807) is 0 Å². The van der Waals surface area contributed by atoms with Crippen molar-refractivity contribution in [1.29, 1.82) is 0 Å². The van der Waals surface area contributed by atoms with Gasteiger partial charge in [-0.2, -0.15) is 4.37 Å². The van der Waals surface area contributed by atoms with Crippen LogP contribution in [-0.2, 0) is 13.0 Å². The molecule has 0 unspecified atom stereocenters. The quantitative estimate of drug-likeness (QED) is 0.661. The van der Waals surface area contributed by atoms with E-state index in [0.717, 1.165) is 52.9 Å². The van der Waals surface area contributed by atoms with E-state index in [4.69, 9.17) is 0 Å². The number of likely N-dealkylation sites (tertiary alicyclic amines) is 1. The van der Waals surface area contributed by atoms with Crippen molar-refractivity contribution in [3.05, 3.63) is 42.0 Å². The lowest BCUT2D eigenvalue weighted by Gasteiger charge is -2.15. The lowest BCUT2D eigenvalue weighted by atomic mass is 10.3. The summed E-state index contributed by atoms with van der Waals surface area (Å²) in [7, 11) is 0. The molecular weight excluding hydrogens is 352 g/mol. The molecule has 4 rings (SSSR count). The number of hydrogen-bond donors (Lipinski definition) is 0. The number of rotatable bonds is 6.